The zero-order valence-electron chi connectivity index (χ0n) is 9.70. The molecular formula is C13H21NS. The summed E-state index contributed by atoms with van der Waals surface area (Å²) in [6.07, 6.45) is 2.24. The van der Waals surface area contributed by atoms with E-state index in [9.17, 15) is 0 Å². The van der Waals surface area contributed by atoms with E-state index in [1.165, 1.54) is 23.3 Å². The molecule has 0 saturated carbocycles. The smallest absolute Gasteiger partial charge is 0.0171 e. The summed E-state index contributed by atoms with van der Waals surface area (Å²) >= 11 is 1.96. The predicted octanol–water partition coefficient (Wildman–Crippen LogP) is 3.01. The van der Waals surface area contributed by atoms with E-state index in [0.717, 1.165) is 12.2 Å². The molecule has 1 aromatic rings. The van der Waals surface area contributed by atoms with Gasteiger partial charge in [-0.15, -0.1) is 0 Å². The fourth-order valence-corrected chi connectivity index (χ4v) is 2.34. The van der Waals surface area contributed by atoms with Crippen molar-refractivity contribution in [2.75, 3.05) is 11.5 Å². The third-order valence-corrected chi connectivity index (χ3v) is 3.66. The van der Waals surface area contributed by atoms with E-state index in [4.69, 9.17) is 5.73 Å². The van der Waals surface area contributed by atoms with Crippen molar-refractivity contribution in [3.8, 4) is 0 Å². The number of benzene rings is 1. The van der Waals surface area contributed by atoms with Crippen LogP contribution in [-0.2, 0) is 6.42 Å². The third-order valence-electron chi connectivity index (χ3n) is 2.30. The summed E-state index contributed by atoms with van der Waals surface area (Å²) in [5, 5.41) is 0. The van der Waals surface area contributed by atoms with Gasteiger partial charge >= 0.3 is 0 Å². The summed E-state index contributed by atoms with van der Waals surface area (Å²) in [5.41, 5.74) is 8.73. The van der Waals surface area contributed by atoms with Crippen LogP contribution in [0.15, 0.2) is 24.3 Å². The molecule has 0 aliphatic heterocycles. The minimum absolute atomic E-state index is 0.296. The van der Waals surface area contributed by atoms with Gasteiger partial charge in [0.2, 0.25) is 0 Å². The van der Waals surface area contributed by atoms with E-state index in [1.54, 1.807) is 0 Å². The maximum absolute atomic E-state index is 6.06. The second kappa shape index (κ2) is 6.91. The summed E-state index contributed by atoms with van der Waals surface area (Å²) in [7, 11) is 0. The highest BCUT2D eigenvalue weighted by Crippen LogP contribution is 2.09. The second-order valence-electron chi connectivity index (χ2n) is 4.02. The number of hydrogen-bond acceptors (Lipinski definition) is 2. The van der Waals surface area contributed by atoms with Crippen LogP contribution >= 0.6 is 11.8 Å². The summed E-state index contributed by atoms with van der Waals surface area (Å²) in [4.78, 5) is 0. The average Bonchev–Trinajstić information content (AvgIpc) is 2.22. The Kier molecular flexibility index (Phi) is 5.81. The van der Waals surface area contributed by atoms with Crippen molar-refractivity contribution in [1.82, 2.24) is 0 Å². The highest BCUT2D eigenvalue weighted by Gasteiger charge is 2.03. The first-order valence-corrected chi connectivity index (χ1v) is 6.76. The van der Waals surface area contributed by atoms with E-state index < -0.39 is 0 Å². The van der Waals surface area contributed by atoms with Crippen LogP contribution in [0.1, 0.15) is 24.5 Å². The van der Waals surface area contributed by atoms with Gasteiger partial charge in [0.05, 0.1) is 0 Å². The largest absolute Gasteiger partial charge is 0.327 e. The van der Waals surface area contributed by atoms with Gasteiger partial charge in [-0.3, -0.25) is 0 Å². The highest BCUT2D eigenvalue weighted by atomic mass is 32.2. The van der Waals surface area contributed by atoms with Crippen LogP contribution in [0, 0.1) is 6.92 Å². The number of rotatable bonds is 6. The molecule has 1 rings (SSSR count). The van der Waals surface area contributed by atoms with E-state index in [1.807, 2.05) is 11.8 Å². The molecule has 0 spiro atoms. The molecular weight excluding hydrogens is 202 g/mol. The molecule has 2 heteroatoms. The van der Waals surface area contributed by atoms with Crippen LogP contribution in [0.25, 0.3) is 0 Å². The standard InChI is InChI=1S/C13H21NS/c1-3-8-15-10-13(14)9-12-6-4-11(2)5-7-12/h4-7,13H,3,8-10,14H2,1-2H3. The summed E-state index contributed by atoms with van der Waals surface area (Å²) in [5.74, 6) is 2.29. The first-order valence-electron chi connectivity index (χ1n) is 5.61. The molecule has 1 unspecified atom stereocenters. The predicted molar refractivity (Wildman–Crippen MR) is 70.5 cm³/mol. The first kappa shape index (κ1) is 12.6. The summed E-state index contributed by atoms with van der Waals surface area (Å²) in [6, 6.07) is 8.96. The van der Waals surface area contributed by atoms with Crippen LogP contribution < -0.4 is 5.73 Å². The second-order valence-corrected chi connectivity index (χ2v) is 5.17. The van der Waals surface area contributed by atoms with Gasteiger partial charge in [0, 0.05) is 11.8 Å². The van der Waals surface area contributed by atoms with Crippen LogP contribution in [0.3, 0.4) is 0 Å². The molecule has 0 heterocycles. The molecule has 0 fully saturated rings. The molecule has 0 aromatic heterocycles. The Morgan fingerprint density at radius 1 is 1.27 bits per heavy atom. The van der Waals surface area contributed by atoms with Gasteiger partial charge < -0.3 is 5.73 Å². The molecule has 1 aromatic carbocycles. The Labute approximate surface area is 97.4 Å². The van der Waals surface area contributed by atoms with Gasteiger partial charge in [-0.1, -0.05) is 36.8 Å². The average molecular weight is 223 g/mol. The molecule has 0 saturated heterocycles. The van der Waals surface area contributed by atoms with Gasteiger partial charge in [0.15, 0.2) is 0 Å². The molecule has 0 amide bonds. The van der Waals surface area contributed by atoms with Crippen molar-refractivity contribution in [3.05, 3.63) is 35.4 Å². The lowest BCUT2D eigenvalue weighted by Gasteiger charge is -2.11. The Morgan fingerprint density at radius 2 is 1.93 bits per heavy atom. The van der Waals surface area contributed by atoms with Gasteiger partial charge in [-0.25, -0.2) is 0 Å². The maximum Gasteiger partial charge on any atom is 0.0171 e. The Balaban J connectivity index is 2.31. The van der Waals surface area contributed by atoms with E-state index in [2.05, 4.69) is 38.1 Å². The van der Waals surface area contributed by atoms with Crippen molar-refractivity contribution in [1.29, 1.82) is 0 Å². The van der Waals surface area contributed by atoms with E-state index in [0.29, 0.717) is 6.04 Å². The minimum atomic E-state index is 0.296. The summed E-state index contributed by atoms with van der Waals surface area (Å²) < 4.78 is 0. The van der Waals surface area contributed by atoms with Crippen LogP contribution in [-0.4, -0.2) is 17.5 Å². The Hall–Kier alpha value is -0.470. The fraction of sp³-hybridized carbons (Fsp3) is 0.538. The SMILES string of the molecule is CCCSCC(N)Cc1ccc(C)cc1. The topological polar surface area (TPSA) is 26.0 Å². The normalized spacial score (nSPS) is 12.7. The summed E-state index contributed by atoms with van der Waals surface area (Å²) in [6.45, 7) is 4.32. The molecule has 0 radical (unpaired) electrons. The lowest BCUT2D eigenvalue weighted by atomic mass is 10.1. The van der Waals surface area contributed by atoms with Gasteiger partial charge in [-0.05, 0) is 31.1 Å². The molecule has 2 N–H and O–H groups in total. The van der Waals surface area contributed by atoms with Gasteiger partial charge in [-0.2, -0.15) is 11.8 Å². The molecule has 0 aliphatic rings. The number of thioether (sulfide) groups is 1. The number of nitrogens with two attached hydrogens (primary N) is 1. The molecule has 1 atom stereocenters. The van der Waals surface area contributed by atoms with E-state index >= 15 is 0 Å². The van der Waals surface area contributed by atoms with Crippen molar-refractivity contribution in [2.45, 2.75) is 32.7 Å². The number of aryl methyl sites for hydroxylation is 1. The molecule has 84 valence electrons. The Bertz CT molecular complexity index is 268. The van der Waals surface area contributed by atoms with Crippen LogP contribution in [0.4, 0.5) is 0 Å². The lowest BCUT2D eigenvalue weighted by molar-refractivity contribution is 0.748. The third kappa shape index (κ3) is 5.24. The molecule has 0 aliphatic carbocycles. The fourth-order valence-electron chi connectivity index (χ4n) is 1.46. The van der Waals surface area contributed by atoms with Crippen molar-refractivity contribution >= 4 is 11.8 Å². The monoisotopic (exact) mass is 223 g/mol. The minimum Gasteiger partial charge on any atom is -0.327 e. The number of hydrogen-bond donors (Lipinski definition) is 1. The lowest BCUT2D eigenvalue weighted by Crippen LogP contribution is -2.25. The molecule has 0 bridgehead atoms. The maximum atomic E-state index is 6.06. The van der Waals surface area contributed by atoms with Gasteiger partial charge in [0.1, 0.15) is 0 Å². The first-order chi connectivity index (χ1) is 7.22. The van der Waals surface area contributed by atoms with Crippen molar-refractivity contribution in [2.24, 2.45) is 5.73 Å². The highest BCUT2D eigenvalue weighted by molar-refractivity contribution is 7.99. The zero-order chi connectivity index (χ0) is 11.1. The van der Waals surface area contributed by atoms with Gasteiger partial charge in [0.25, 0.3) is 0 Å². The van der Waals surface area contributed by atoms with Crippen LogP contribution in [0.2, 0.25) is 0 Å². The zero-order valence-corrected chi connectivity index (χ0v) is 10.5. The van der Waals surface area contributed by atoms with E-state index in [-0.39, 0.29) is 0 Å². The van der Waals surface area contributed by atoms with Crippen molar-refractivity contribution < 1.29 is 0 Å². The Morgan fingerprint density at radius 3 is 2.53 bits per heavy atom. The quantitative estimate of drug-likeness (QED) is 0.750. The van der Waals surface area contributed by atoms with Crippen molar-refractivity contribution in [3.63, 3.8) is 0 Å². The molecule has 1 nitrogen and oxygen atoms in total. The molecule has 15 heavy (non-hydrogen) atoms. The van der Waals surface area contributed by atoms with Crippen LogP contribution in [0.5, 0.6) is 0 Å².